The summed E-state index contributed by atoms with van der Waals surface area (Å²) in [5, 5.41) is 12.8. The molecule has 0 bridgehead atoms. The third-order valence-corrected chi connectivity index (χ3v) is 14.8. The molecule has 352 valence electrons. The highest BCUT2D eigenvalue weighted by Gasteiger charge is 2.62. The molecule has 0 saturated carbocycles. The van der Waals surface area contributed by atoms with Gasteiger partial charge in [0.05, 0.1) is 29.8 Å². The molecule has 2 amide bonds. The summed E-state index contributed by atoms with van der Waals surface area (Å²) in [7, 11) is 2.02. The zero-order valence-corrected chi connectivity index (χ0v) is 38.7. The summed E-state index contributed by atoms with van der Waals surface area (Å²) in [6, 6.07) is 0. The predicted molar refractivity (Wildman–Crippen MR) is 240 cm³/mol. The third-order valence-electron chi connectivity index (χ3n) is 14.8. The van der Waals surface area contributed by atoms with Crippen molar-refractivity contribution >= 4 is 18.2 Å². The number of allylic oxidation sites excluding steroid dienone is 2. The Labute approximate surface area is 372 Å². The summed E-state index contributed by atoms with van der Waals surface area (Å²) >= 11 is 0. The molecule has 6 rings (SSSR count). The van der Waals surface area contributed by atoms with Crippen molar-refractivity contribution in [1.82, 2.24) is 21.3 Å². The fraction of sp³-hybridized carbons (Fsp3) is 0.857. The normalized spacial score (nSPS) is 34.4. The lowest BCUT2D eigenvalue weighted by Gasteiger charge is -2.25. The number of rotatable bonds is 24. The summed E-state index contributed by atoms with van der Waals surface area (Å²) in [5.74, 6) is 0.754. The van der Waals surface area contributed by atoms with Gasteiger partial charge in [0, 0.05) is 31.5 Å². The minimum absolute atomic E-state index is 0.0105. The van der Waals surface area contributed by atoms with Crippen LogP contribution in [-0.2, 0) is 33.2 Å². The minimum Gasteiger partial charge on any atom is -0.459 e. The molecule has 4 aliphatic heterocycles. The molecule has 0 aromatic heterocycles. The average Bonchev–Trinajstić information content (AvgIpc) is 4.03. The van der Waals surface area contributed by atoms with Crippen LogP contribution in [0.2, 0.25) is 0 Å². The van der Waals surface area contributed by atoms with E-state index in [2.05, 4.69) is 47.3 Å². The van der Waals surface area contributed by atoms with E-state index in [0.717, 1.165) is 122 Å². The van der Waals surface area contributed by atoms with E-state index in [1.165, 1.54) is 44.1 Å². The monoisotopic (exact) mass is 871 g/mol. The topological polar surface area (TPSA) is 161 Å². The molecule has 6 aliphatic rings. The highest BCUT2D eigenvalue weighted by atomic mass is 16.7. The Morgan fingerprint density at radius 2 is 1.19 bits per heavy atom. The van der Waals surface area contributed by atoms with Gasteiger partial charge < -0.3 is 49.7 Å². The van der Waals surface area contributed by atoms with Crippen LogP contribution in [-0.4, -0.2) is 113 Å². The van der Waals surface area contributed by atoms with E-state index >= 15 is 0 Å². The Bertz CT molecular complexity index is 1490. The lowest BCUT2D eigenvalue weighted by atomic mass is 9.81. The molecule has 13 nitrogen and oxygen atoms in total. The molecule has 0 unspecified atom stereocenters. The Balaban J connectivity index is 0.774. The first kappa shape index (κ1) is 48.7. The number of carbonyl (C=O) groups excluding carboxylic acids is 3. The fourth-order valence-corrected chi connectivity index (χ4v) is 10.5. The molecule has 0 aromatic rings. The maximum Gasteiger partial charge on any atom is 0.407 e. The van der Waals surface area contributed by atoms with Gasteiger partial charge in [0.25, 0.3) is 0 Å². The van der Waals surface area contributed by atoms with Gasteiger partial charge in [-0.2, -0.15) is 0 Å². The van der Waals surface area contributed by atoms with Crippen LogP contribution in [0, 0.1) is 23.7 Å². The Morgan fingerprint density at radius 3 is 1.76 bits per heavy atom. The van der Waals surface area contributed by atoms with E-state index in [-0.39, 0.29) is 66.1 Å². The molecule has 4 heterocycles. The van der Waals surface area contributed by atoms with Crippen LogP contribution in [0.5, 0.6) is 0 Å². The molecule has 10 atom stereocenters. The standard InChI is InChI=1S/C49H82N4O9/c1-35-39-23-21-36(19-18-26-49(3)44(62-49)42(39)60-45(35)54)32-58-46(55)52-29-15-11-7-8-12-16-30-53-47(56)59-33-37-20-17-25-48(2)43(61-48)41-40(24-22-37)38(34-57-41)31-51-28-14-10-6-5-9-13-27-50-4/h19-20,35,38-44,50-51H,5-18,21-34H2,1-4H3,(H,52,55)(H,53,56)/b36-19+,37-20+/t35-,38+,39-,40-,41-,42-,43-,44-,48+,49+/m0/s1. The SMILES string of the molecule is CNCCCCCCCCNC[C@@H]1CO[C@H]2[C@H]1CC/C(COC(=O)NCCCCCCCCNC(=O)OC/C1=C/CC[C@@]3(C)O[C@H]3[C@H]3OC(=O)[C@@H](C)[C@@H]3CC1)=C\CC[C@@]1(C)O[C@@H]21. The number of hydrogen-bond acceptors (Lipinski definition) is 11. The number of nitrogens with one attached hydrogen (secondary N) is 4. The van der Waals surface area contributed by atoms with E-state index < -0.39 is 6.09 Å². The number of fused-ring (bicyclic) bond motifs is 6. The number of esters is 1. The van der Waals surface area contributed by atoms with Crippen LogP contribution in [0.1, 0.15) is 149 Å². The zero-order valence-electron chi connectivity index (χ0n) is 38.7. The van der Waals surface area contributed by atoms with Crippen molar-refractivity contribution in [3.05, 3.63) is 23.3 Å². The first-order valence-corrected chi connectivity index (χ1v) is 24.8. The highest BCUT2D eigenvalue weighted by Crippen LogP contribution is 2.51. The maximum atomic E-state index is 12.6. The van der Waals surface area contributed by atoms with Gasteiger partial charge in [0.15, 0.2) is 0 Å². The molecular weight excluding hydrogens is 789 g/mol. The summed E-state index contributed by atoms with van der Waals surface area (Å²) in [5.41, 5.74) is 1.92. The molecule has 4 fully saturated rings. The van der Waals surface area contributed by atoms with Crippen molar-refractivity contribution in [3.8, 4) is 0 Å². The van der Waals surface area contributed by atoms with E-state index in [0.29, 0.717) is 31.5 Å². The number of alkyl carbamates (subject to hydrolysis) is 2. The van der Waals surface area contributed by atoms with Gasteiger partial charge in [-0.3, -0.25) is 4.79 Å². The second-order valence-electron chi connectivity index (χ2n) is 19.7. The number of amides is 2. The first-order valence-electron chi connectivity index (χ1n) is 24.8. The molecule has 4 N–H and O–H groups in total. The van der Waals surface area contributed by atoms with Crippen molar-refractivity contribution in [2.75, 3.05) is 59.6 Å². The third kappa shape index (κ3) is 14.7. The first-order chi connectivity index (χ1) is 30.1. The zero-order chi connectivity index (χ0) is 43.8. The van der Waals surface area contributed by atoms with E-state index in [1.807, 2.05) is 14.0 Å². The number of ether oxygens (including phenoxy) is 6. The smallest absolute Gasteiger partial charge is 0.407 e. The summed E-state index contributed by atoms with van der Waals surface area (Å²) in [6.07, 6.45) is 24.7. The number of hydrogen-bond donors (Lipinski definition) is 4. The molecule has 62 heavy (non-hydrogen) atoms. The highest BCUT2D eigenvalue weighted by molar-refractivity contribution is 5.75. The summed E-state index contributed by atoms with van der Waals surface area (Å²) in [4.78, 5) is 37.4. The molecule has 0 aromatic carbocycles. The quantitative estimate of drug-likeness (QED) is 0.0244. The van der Waals surface area contributed by atoms with Gasteiger partial charge in [0.2, 0.25) is 0 Å². The van der Waals surface area contributed by atoms with Crippen LogP contribution >= 0.6 is 0 Å². The Morgan fingerprint density at radius 1 is 0.694 bits per heavy atom. The Kier molecular flexibility index (Phi) is 19.3. The van der Waals surface area contributed by atoms with Crippen molar-refractivity contribution in [2.24, 2.45) is 23.7 Å². The van der Waals surface area contributed by atoms with Gasteiger partial charge in [-0.05, 0) is 128 Å². The molecule has 0 spiro atoms. The second kappa shape index (κ2) is 24.5. The molecule has 0 radical (unpaired) electrons. The van der Waals surface area contributed by atoms with E-state index in [9.17, 15) is 14.4 Å². The number of unbranched alkanes of at least 4 members (excludes halogenated alkanes) is 10. The lowest BCUT2D eigenvalue weighted by Crippen LogP contribution is -2.34. The van der Waals surface area contributed by atoms with Crippen molar-refractivity contribution in [3.63, 3.8) is 0 Å². The molecule has 2 aliphatic carbocycles. The van der Waals surface area contributed by atoms with E-state index in [4.69, 9.17) is 28.4 Å². The minimum atomic E-state index is -0.391. The van der Waals surface area contributed by atoms with Gasteiger partial charge in [0.1, 0.15) is 31.5 Å². The maximum absolute atomic E-state index is 12.6. The second-order valence-corrected chi connectivity index (χ2v) is 19.7. The molecule has 13 heteroatoms. The summed E-state index contributed by atoms with van der Waals surface area (Å²) in [6.45, 7) is 12.0. The number of carbonyl (C=O) groups is 3. The summed E-state index contributed by atoms with van der Waals surface area (Å²) < 4.78 is 35.8. The molecular formula is C49H82N4O9. The largest absolute Gasteiger partial charge is 0.459 e. The van der Waals surface area contributed by atoms with Gasteiger partial charge in [-0.25, -0.2) is 9.59 Å². The van der Waals surface area contributed by atoms with Crippen molar-refractivity contribution < 1.29 is 42.8 Å². The predicted octanol–water partition coefficient (Wildman–Crippen LogP) is 8.05. The van der Waals surface area contributed by atoms with Gasteiger partial charge in [-0.15, -0.1) is 0 Å². The Hall–Kier alpha value is -2.71. The fourth-order valence-electron chi connectivity index (χ4n) is 10.5. The van der Waals surface area contributed by atoms with Crippen molar-refractivity contribution in [2.45, 2.75) is 185 Å². The van der Waals surface area contributed by atoms with Gasteiger partial charge >= 0.3 is 18.2 Å². The van der Waals surface area contributed by atoms with Crippen LogP contribution < -0.4 is 21.3 Å². The molecule has 4 saturated heterocycles. The van der Waals surface area contributed by atoms with Crippen LogP contribution in [0.3, 0.4) is 0 Å². The van der Waals surface area contributed by atoms with Gasteiger partial charge in [-0.1, -0.05) is 70.4 Å². The van der Waals surface area contributed by atoms with Crippen LogP contribution in [0.25, 0.3) is 0 Å². The van der Waals surface area contributed by atoms with Crippen LogP contribution in [0.4, 0.5) is 9.59 Å². The average molecular weight is 871 g/mol. The van der Waals surface area contributed by atoms with E-state index in [1.54, 1.807) is 0 Å². The lowest BCUT2D eigenvalue weighted by molar-refractivity contribution is -0.144. The van der Waals surface area contributed by atoms with Crippen LogP contribution in [0.15, 0.2) is 23.3 Å². The number of epoxide rings is 2. The van der Waals surface area contributed by atoms with Crippen molar-refractivity contribution in [1.29, 1.82) is 0 Å².